The van der Waals surface area contributed by atoms with Crippen molar-refractivity contribution in [2.24, 2.45) is 17.8 Å². The van der Waals surface area contributed by atoms with Gasteiger partial charge >= 0.3 is 6.09 Å². The highest BCUT2D eigenvalue weighted by atomic mass is 32.2. The molecule has 4 N–H and O–H groups in total. The second kappa shape index (κ2) is 12.7. The lowest BCUT2D eigenvalue weighted by molar-refractivity contribution is -0.140. The molecule has 3 fully saturated rings. The number of hydrogen-bond donors (Lipinski definition) is 4. The van der Waals surface area contributed by atoms with E-state index in [4.69, 9.17) is 0 Å². The monoisotopic (exact) mass is 699 g/mol. The Bertz CT molecular complexity index is 1800. The molecule has 0 spiro atoms. The van der Waals surface area contributed by atoms with Crippen LogP contribution in [-0.4, -0.2) is 76.6 Å². The van der Waals surface area contributed by atoms with Crippen LogP contribution in [0.4, 0.5) is 19.3 Å². The van der Waals surface area contributed by atoms with Crippen molar-refractivity contribution in [2.45, 2.75) is 75.0 Å². The van der Waals surface area contributed by atoms with E-state index in [2.05, 4.69) is 21.9 Å². The van der Waals surface area contributed by atoms with E-state index in [9.17, 15) is 41.5 Å². The van der Waals surface area contributed by atoms with Crippen molar-refractivity contribution in [2.75, 3.05) is 11.9 Å². The summed E-state index contributed by atoms with van der Waals surface area (Å²) in [5.74, 6) is -4.66. The molecular formula is C34H39F2N5O7S. The Balaban J connectivity index is 1.33. The summed E-state index contributed by atoms with van der Waals surface area (Å²) in [4.78, 5) is 56.9. The van der Waals surface area contributed by atoms with E-state index in [1.54, 1.807) is 19.9 Å². The number of hydrogen-bond acceptors (Lipinski definition) is 7. The number of nitrogens with one attached hydrogen (secondary N) is 3. The Labute approximate surface area is 283 Å². The average molecular weight is 700 g/mol. The second-order valence-electron chi connectivity index (χ2n) is 13.7. The van der Waals surface area contributed by atoms with Gasteiger partial charge in [-0.05, 0) is 67.5 Å². The first-order valence-electron chi connectivity index (χ1n) is 16.3. The molecule has 0 radical (unpaired) electrons. The number of likely N-dealkylation sites (tertiary alicyclic amines) is 1. The lowest BCUT2D eigenvalue weighted by Gasteiger charge is -2.32. The number of carbonyl (C=O) groups is 4. The molecule has 0 bridgehead atoms. The Morgan fingerprint density at radius 2 is 1.76 bits per heavy atom. The molecule has 2 aliphatic carbocycles. The molecule has 2 aliphatic heterocycles. The zero-order valence-electron chi connectivity index (χ0n) is 27.1. The summed E-state index contributed by atoms with van der Waals surface area (Å²) >= 11 is 0. The van der Waals surface area contributed by atoms with Gasteiger partial charge in [-0.15, -0.1) is 6.58 Å². The molecule has 15 heteroatoms. The van der Waals surface area contributed by atoms with Crippen LogP contribution < -0.4 is 15.4 Å². The lowest BCUT2D eigenvalue weighted by atomic mass is 9.90. The average Bonchev–Trinajstić information content (AvgIpc) is 3.94. The van der Waals surface area contributed by atoms with Crippen LogP contribution in [0.5, 0.6) is 0 Å². The summed E-state index contributed by atoms with van der Waals surface area (Å²) in [5.41, 5.74) is -0.478. The van der Waals surface area contributed by atoms with Crippen LogP contribution in [0.2, 0.25) is 0 Å². The number of sulfonamides is 1. The fourth-order valence-electron chi connectivity index (χ4n) is 7.18. The minimum Gasteiger partial charge on any atom is -0.465 e. The molecule has 2 saturated carbocycles. The quantitative estimate of drug-likeness (QED) is 0.259. The van der Waals surface area contributed by atoms with E-state index in [0.717, 1.165) is 4.90 Å². The van der Waals surface area contributed by atoms with E-state index in [-0.39, 0.29) is 37.4 Å². The number of rotatable bonds is 11. The Morgan fingerprint density at radius 3 is 2.35 bits per heavy atom. The van der Waals surface area contributed by atoms with Crippen LogP contribution in [-0.2, 0) is 31.0 Å². The number of anilines is 1. The Morgan fingerprint density at radius 1 is 1.06 bits per heavy atom. The van der Waals surface area contributed by atoms with E-state index < -0.39 is 86.2 Å². The van der Waals surface area contributed by atoms with E-state index in [1.807, 2.05) is 0 Å². The highest BCUT2D eigenvalue weighted by Crippen LogP contribution is 2.47. The van der Waals surface area contributed by atoms with Crippen molar-refractivity contribution in [3.63, 3.8) is 0 Å². The standard InChI is InChI=1S/C34H39F2N5O7S/c1-4-20-15-34(20,32(44)39-49(47,48)23-12-13-23)38-30(42)27-14-19(29-24-6-5-7-26(36)25(24)17-41(29)33(45)46)16-40(27)31(43)28(18(2)3)37-22-10-8-21(35)9-11-22/h4-11,18-20,23,27-29,37H,1,12-17H2,2-3H3,(H,38,42)(H,39,44)(H,45,46)/t19-,20-,27+,28+,29?,34-/m1/s1. The molecule has 12 nitrogen and oxygen atoms in total. The van der Waals surface area contributed by atoms with Gasteiger partial charge in [-0.3, -0.25) is 24.0 Å². The normalized spacial score (nSPS) is 26.6. The lowest BCUT2D eigenvalue weighted by Crippen LogP contribution is -2.58. The van der Waals surface area contributed by atoms with Crippen molar-refractivity contribution in [1.29, 1.82) is 0 Å². The first kappa shape index (κ1) is 34.3. The maximum atomic E-state index is 14.9. The van der Waals surface area contributed by atoms with E-state index in [0.29, 0.717) is 24.1 Å². The molecule has 4 aliphatic rings. The fraction of sp³-hybridized carbons (Fsp3) is 0.471. The molecule has 1 saturated heterocycles. The van der Waals surface area contributed by atoms with Gasteiger partial charge in [-0.2, -0.15) is 0 Å². The molecule has 0 aromatic heterocycles. The fourth-order valence-corrected chi connectivity index (χ4v) is 8.54. The Hall–Kier alpha value is -4.53. The molecule has 2 aromatic rings. The minimum atomic E-state index is -3.93. The van der Waals surface area contributed by atoms with Gasteiger partial charge in [0.15, 0.2) is 0 Å². The summed E-state index contributed by atoms with van der Waals surface area (Å²) in [6, 6.07) is 6.83. The zero-order valence-corrected chi connectivity index (χ0v) is 27.9. The zero-order chi connectivity index (χ0) is 35.4. The third-order valence-electron chi connectivity index (χ3n) is 10.1. The van der Waals surface area contributed by atoms with Gasteiger partial charge < -0.3 is 20.6 Å². The number of nitrogens with zero attached hydrogens (tertiary/aromatic N) is 2. The molecule has 2 heterocycles. The summed E-state index contributed by atoms with van der Waals surface area (Å²) in [6.45, 7) is 7.04. The number of amides is 4. The molecule has 6 rings (SSSR count). The SMILES string of the molecule is C=C[C@@H]1C[C@]1(NC(=O)[C@@H]1C[C@@H](C2c3cccc(F)c3CN2C(=O)O)CN1C(=O)[C@@H](Nc1ccc(F)cc1)C(C)C)C(=O)NS(=O)(=O)C1CC1. The molecule has 49 heavy (non-hydrogen) atoms. The van der Waals surface area contributed by atoms with Crippen molar-refractivity contribution in [3.8, 4) is 0 Å². The van der Waals surface area contributed by atoms with Crippen molar-refractivity contribution >= 4 is 39.5 Å². The van der Waals surface area contributed by atoms with E-state index >= 15 is 0 Å². The van der Waals surface area contributed by atoms with Gasteiger partial charge in [0.2, 0.25) is 21.8 Å². The third kappa shape index (κ3) is 6.47. The van der Waals surface area contributed by atoms with Crippen LogP contribution in [0.15, 0.2) is 55.1 Å². The van der Waals surface area contributed by atoms with Gasteiger partial charge in [-0.1, -0.05) is 32.1 Å². The van der Waals surface area contributed by atoms with Crippen molar-refractivity contribution < 1.29 is 41.5 Å². The van der Waals surface area contributed by atoms with Crippen LogP contribution >= 0.6 is 0 Å². The number of fused-ring (bicyclic) bond motifs is 1. The summed E-state index contributed by atoms with van der Waals surface area (Å²) < 4.78 is 55.9. The summed E-state index contributed by atoms with van der Waals surface area (Å²) in [6.07, 6.45) is 1.10. The third-order valence-corrected chi connectivity index (χ3v) is 11.9. The van der Waals surface area contributed by atoms with E-state index in [1.165, 1.54) is 47.4 Å². The molecule has 1 unspecified atom stereocenters. The number of carbonyl (C=O) groups excluding carboxylic acids is 3. The molecular weight excluding hydrogens is 660 g/mol. The summed E-state index contributed by atoms with van der Waals surface area (Å²) in [7, 11) is -3.93. The summed E-state index contributed by atoms with van der Waals surface area (Å²) in [5, 5.41) is 15.3. The number of carboxylic acid groups (broad SMARTS) is 1. The maximum Gasteiger partial charge on any atom is 0.408 e. The second-order valence-corrected chi connectivity index (χ2v) is 15.7. The number of benzene rings is 2. The molecule has 262 valence electrons. The van der Waals surface area contributed by atoms with Gasteiger partial charge in [0, 0.05) is 29.6 Å². The van der Waals surface area contributed by atoms with Gasteiger partial charge in [0.1, 0.15) is 29.3 Å². The highest BCUT2D eigenvalue weighted by Gasteiger charge is 2.62. The van der Waals surface area contributed by atoms with Crippen LogP contribution in [0.1, 0.15) is 56.7 Å². The number of halogens is 2. The first-order chi connectivity index (χ1) is 23.2. The topological polar surface area (TPSA) is 165 Å². The van der Waals surface area contributed by atoms with Gasteiger partial charge in [-0.25, -0.2) is 22.0 Å². The van der Waals surface area contributed by atoms with Gasteiger partial charge in [0.05, 0.1) is 17.8 Å². The largest absolute Gasteiger partial charge is 0.465 e. The smallest absolute Gasteiger partial charge is 0.408 e. The predicted molar refractivity (Wildman–Crippen MR) is 174 cm³/mol. The molecule has 2 aromatic carbocycles. The van der Waals surface area contributed by atoms with Crippen LogP contribution in [0.3, 0.4) is 0 Å². The predicted octanol–water partition coefficient (Wildman–Crippen LogP) is 3.52. The highest BCUT2D eigenvalue weighted by molar-refractivity contribution is 7.91. The molecule has 4 amide bonds. The van der Waals surface area contributed by atoms with Gasteiger partial charge in [0.25, 0.3) is 5.91 Å². The first-order valence-corrected chi connectivity index (χ1v) is 17.8. The van der Waals surface area contributed by atoms with Crippen molar-refractivity contribution in [1.82, 2.24) is 19.8 Å². The van der Waals surface area contributed by atoms with Crippen LogP contribution in [0, 0.1) is 29.4 Å². The maximum absolute atomic E-state index is 14.9. The van der Waals surface area contributed by atoms with Crippen LogP contribution in [0.25, 0.3) is 0 Å². The molecule has 6 atom stereocenters. The van der Waals surface area contributed by atoms with Crippen molar-refractivity contribution in [3.05, 3.63) is 77.9 Å². The minimum absolute atomic E-state index is 0.0276. The Kier molecular flexibility index (Phi) is 8.92.